The molecule has 0 radical (unpaired) electrons. The van der Waals surface area contributed by atoms with Gasteiger partial charge in [0.15, 0.2) is 0 Å². The highest BCUT2D eigenvalue weighted by Crippen LogP contribution is 2.18. The van der Waals surface area contributed by atoms with Crippen LogP contribution in [0.4, 0.5) is 16.2 Å². The number of aryl methyl sites for hydroxylation is 1. The highest BCUT2D eigenvalue weighted by molar-refractivity contribution is 5.60. The zero-order valence-electron chi connectivity index (χ0n) is 15.1. The minimum atomic E-state index is -0.323. The van der Waals surface area contributed by atoms with Gasteiger partial charge >= 0.3 is 0 Å². The molecule has 4 rings (SSSR count). The standard InChI is InChI=1S/C20H17FN6O/c1-26-18(6-9-23-26)25-20-22-8-5-17(24-20)15-7-10-27(19(28)12-15)13-14-3-2-4-16(21)11-14/h2-12H,13H2,1H3,(H,22,24,25). The zero-order valence-corrected chi connectivity index (χ0v) is 15.1. The quantitative estimate of drug-likeness (QED) is 0.579. The fraction of sp³-hybridized carbons (Fsp3) is 0.100. The summed E-state index contributed by atoms with van der Waals surface area (Å²) >= 11 is 0. The van der Waals surface area contributed by atoms with E-state index in [9.17, 15) is 9.18 Å². The van der Waals surface area contributed by atoms with Crippen molar-refractivity contribution in [2.24, 2.45) is 7.05 Å². The van der Waals surface area contributed by atoms with Crippen molar-refractivity contribution in [3.05, 3.63) is 88.9 Å². The number of aromatic nitrogens is 5. The van der Waals surface area contributed by atoms with Gasteiger partial charge in [0.05, 0.1) is 18.4 Å². The monoisotopic (exact) mass is 376 g/mol. The molecular formula is C20H17FN6O. The highest BCUT2D eigenvalue weighted by atomic mass is 19.1. The van der Waals surface area contributed by atoms with Gasteiger partial charge in [-0.3, -0.25) is 9.48 Å². The van der Waals surface area contributed by atoms with Crippen molar-refractivity contribution >= 4 is 11.8 Å². The lowest BCUT2D eigenvalue weighted by molar-refractivity contribution is 0.623. The van der Waals surface area contributed by atoms with E-state index in [2.05, 4.69) is 20.4 Å². The second-order valence-electron chi connectivity index (χ2n) is 6.24. The molecule has 3 heterocycles. The summed E-state index contributed by atoms with van der Waals surface area (Å²) in [5, 5.41) is 7.17. The van der Waals surface area contributed by atoms with Gasteiger partial charge in [-0.25, -0.2) is 14.4 Å². The summed E-state index contributed by atoms with van der Waals surface area (Å²) in [6, 6.07) is 13.1. The largest absolute Gasteiger partial charge is 0.311 e. The number of halogens is 1. The molecule has 1 aromatic carbocycles. The maximum absolute atomic E-state index is 13.3. The fourth-order valence-electron chi connectivity index (χ4n) is 2.82. The van der Waals surface area contributed by atoms with Crippen LogP contribution in [0, 0.1) is 5.82 Å². The Morgan fingerprint density at radius 1 is 1.11 bits per heavy atom. The van der Waals surface area contributed by atoms with Gasteiger partial charge in [-0.1, -0.05) is 12.1 Å². The molecule has 0 spiro atoms. The van der Waals surface area contributed by atoms with Crippen molar-refractivity contribution in [2.75, 3.05) is 5.32 Å². The van der Waals surface area contributed by atoms with Crippen LogP contribution in [0.1, 0.15) is 5.56 Å². The van der Waals surface area contributed by atoms with Gasteiger partial charge in [0.25, 0.3) is 5.56 Å². The third kappa shape index (κ3) is 3.80. The second-order valence-corrected chi connectivity index (χ2v) is 6.24. The van der Waals surface area contributed by atoms with Crippen LogP contribution in [0.15, 0.2) is 71.9 Å². The molecule has 0 atom stereocenters. The van der Waals surface area contributed by atoms with Crippen LogP contribution in [0.2, 0.25) is 0 Å². The lowest BCUT2D eigenvalue weighted by Crippen LogP contribution is -2.19. The minimum absolute atomic E-state index is 0.193. The Labute approximate surface area is 160 Å². The first-order valence-corrected chi connectivity index (χ1v) is 8.62. The van der Waals surface area contributed by atoms with Gasteiger partial charge in [-0.05, 0) is 29.8 Å². The summed E-state index contributed by atoms with van der Waals surface area (Å²) in [6.07, 6.45) is 4.97. The van der Waals surface area contributed by atoms with E-state index in [1.807, 2.05) is 13.1 Å². The molecule has 0 fully saturated rings. The first-order valence-electron chi connectivity index (χ1n) is 8.62. The molecular weight excluding hydrogens is 359 g/mol. The first kappa shape index (κ1) is 17.6. The SMILES string of the molecule is Cn1nccc1Nc1nccc(-c2ccn(Cc3cccc(F)c3)c(=O)c2)n1. The second kappa shape index (κ2) is 7.43. The zero-order chi connectivity index (χ0) is 19.5. The van der Waals surface area contributed by atoms with Gasteiger partial charge in [-0.2, -0.15) is 5.10 Å². The number of pyridine rings is 1. The summed E-state index contributed by atoms with van der Waals surface area (Å²) in [6.45, 7) is 0.300. The summed E-state index contributed by atoms with van der Waals surface area (Å²) in [7, 11) is 1.81. The summed E-state index contributed by atoms with van der Waals surface area (Å²) in [5.41, 5.74) is 1.83. The van der Waals surface area contributed by atoms with Crippen molar-refractivity contribution in [3.63, 3.8) is 0 Å². The van der Waals surface area contributed by atoms with Crippen molar-refractivity contribution in [3.8, 4) is 11.3 Å². The van der Waals surface area contributed by atoms with Crippen LogP contribution < -0.4 is 10.9 Å². The molecule has 0 aliphatic heterocycles. The van der Waals surface area contributed by atoms with Crippen molar-refractivity contribution in [1.29, 1.82) is 0 Å². The van der Waals surface area contributed by atoms with Crippen molar-refractivity contribution < 1.29 is 4.39 Å². The molecule has 28 heavy (non-hydrogen) atoms. The van der Waals surface area contributed by atoms with E-state index in [-0.39, 0.29) is 11.4 Å². The van der Waals surface area contributed by atoms with Gasteiger partial charge in [0.2, 0.25) is 5.95 Å². The number of benzene rings is 1. The maximum Gasteiger partial charge on any atom is 0.251 e. The third-order valence-electron chi connectivity index (χ3n) is 4.25. The maximum atomic E-state index is 13.3. The Morgan fingerprint density at radius 3 is 2.75 bits per heavy atom. The molecule has 4 aromatic rings. The highest BCUT2D eigenvalue weighted by Gasteiger charge is 2.07. The van der Waals surface area contributed by atoms with E-state index in [0.717, 1.165) is 11.4 Å². The lowest BCUT2D eigenvalue weighted by Gasteiger charge is -2.09. The van der Waals surface area contributed by atoms with Crippen LogP contribution >= 0.6 is 0 Å². The van der Waals surface area contributed by atoms with E-state index >= 15 is 0 Å². The average molecular weight is 376 g/mol. The molecule has 0 unspecified atom stereocenters. The molecule has 8 heteroatoms. The molecule has 140 valence electrons. The Hall–Kier alpha value is -3.81. The van der Waals surface area contributed by atoms with Crippen molar-refractivity contribution in [2.45, 2.75) is 6.54 Å². The predicted molar refractivity (Wildman–Crippen MR) is 104 cm³/mol. The molecule has 0 aliphatic rings. The van der Waals surface area contributed by atoms with Gasteiger partial charge in [0.1, 0.15) is 11.6 Å². The van der Waals surface area contributed by atoms with Gasteiger partial charge < -0.3 is 9.88 Å². The lowest BCUT2D eigenvalue weighted by atomic mass is 10.2. The van der Waals surface area contributed by atoms with Crippen LogP contribution in [-0.4, -0.2) is 24.3 Å². The van der Waals surface area contributed by atoms with Crippen molar-refractivity contribution in [1.82, 2.24) is 24.3 Å². The van der Waals surface area contributed by atoms with E-state index in [4.69, 9.17) is 0 Å². The number of nitrogens with zero attached hydrogens (tertiary/aromatic N) is 5. The van der Waals surface area contributed by atoms with E-state index in [1.54, 1.807) is 47.5 Å². The molecule has 0 bridgehead atoms. The number of nitrogens with one attached hydrogen (secondary N) is 1. The van der Waals surface area contributed by atoms with Crippen LogP contribution in [0.5, 0.6) is 0 Å². The summed E-state index contributed by atoms with van der Waals surface area (Å²) < 4.78 is 16.5. The number of rotatable bonds is 5. The third-order valence-corrected chi connectivity index (χ3v) is 4.25. The molecule has 3 aromatic heterocycles. The smallest absolute Gasteiger partial charge is 0.251 e. The number of hydrogen-bond acceptors (Lipinski definition) is 5. The Kier molecular flexibility index (Phi) is 4.67. The Morgan fingerprint density at radius 2 is 2.00 bits per heavy atom. The minimum Gasteiger partial charge on any atom is -0.311 e. The van der Waals surface area contributed by atoms with E-state index < -0.39 is 0 Å². The van der Waals surface area contributed by atoms with E-state index in [0.29, 0.717) is 23.8 Å². The van der Waals surface area contributed by atoms with Crippen LogP contribution in [0.25, 0.3) is 11.3 Å². The molecule has 0 aliphatic carbocycles. The normalized spacial score (nSPS) is 10.8. The van der Waals surface area contributed by atoms with Crippen LogP contribution in [0.3, 0.4) is 0 Å². The van der Waals surface area contributed by atoms with Gasteiger partial charge in [-0.15, -0.1) is 0 Å². The van der Waals surface area contributed by atoms with Gasteiger partial charge in [0, 0.05) is 37.1 Å². The van der Waals surface area contributed by atoms with E-state index in [1.165, 1.54) is 22.8 Å². The average Bonchev–Trinajstić information content (AvgIpc) is 3.08. The summed E-state index contributed by atoms with van der Waals surface area (Å²) in [4.78, 5) is 21.2. The molecule has 0 saturated heterocycles. The fourth-order valence-corrected chi connectivity index (χ4v) is 2.82. The number of anilines is 2. The Bertz CT molecular complexity index is 1180. The first-order chi connectivity index (χ1) is 13.6. The summed E-state index contributed by atoms with van der Waals surface area (Å²) in [5.74, 6) is 0.837. The van der Waals surface area contributed by atoms with Crippen LogP contribution in [-0.2, 0) is 13.6 Å². The molecule has 1 N–H and O–H groups in total. The Balaban J connectivity index is 1.58. The number of hydrogen-bond donors (Lipinski definition) is 1. The topological polar surface area (TPSA) is 77.6 Å². The molecule has 0 saturated carbocycles. The molecule has 0 amide bonds. The molecule has 7 nitrogen and oxygen atoms in total. The predicted octanol–water partition coefficient (Wildman–Crippen LogP) is 2.97.